The summed E-state index contributed by atoms with van der Waals surface area (Å²) in [5.74, 6) is 0.949. The molecule has 0 amide bonds. The Bertz CT molecular complexity index is 656. The standard InChI is InChI=1S/C21H29N3O/c1-3-22-18-12-10-16(11-13-18)21-19(8-6-14-23-21)24-15-17-7-4-5-9-20(17)25-2/h4-5,7,9-13,19,21-24H,3,6,8,14-15H2,1-2H3/t19-,21-/m1/s1. The second-order valence-corrected chi connectivity index (χ2v) is 6.53. The molecule has 1 aliphatic heterocycles. The summed E-state index contributed by atoms with van der Waals surface area (Å²) in [5, 5.41) is 10.8. The Hall–Kier alpha value is -2.04. The number of nitrogens with one attached hydrogen (secondary N) is 3. The molecule has 4 nitrogen and oxygen atoms in total. The predicted molar refractivity (Wildman–Crippen MR) is 104 cm³/mol. The Kier molecular flexibility index (Phi) is 6.31. The zero-order chi connectivity index (χ0) is 17.5. The summed E-state index contributed by atoms with van der Waals surface area (Å²) in [6.07, 6.45) is 2.39. The van der Waals surface area contributed by atoms with Crippen LogP contribution in [0.2, 0.25) is 0 Å². The van der Waals surface area contributed by atoms with Crippen LogP contribution in [0.3, 0.4) is 0 Å². The summed E-state index contributed by atoms with van der Waals surface area (Å²) in [5.41, 5.74) is 3.73. The van der Waals surface area contributed by atoms with Gasteiger partial charge in [-0.3, -0.25) is 0 Å². The van der Waals surface area contributed by atoms with Crippen LogP contribution in [0.15, 0.2) is 48.5 Å². The first-order valence-corrected chi connectivity index (χ1v) is 9.24. The number of ether oxygens (including phenoxy) is 1. The number of rotatable bonds is 7. The van der Waals surface area contributed by atoms with Crippen LogP contribution < -0.4 is 20.7 Å². The van der Waals surface area contributed by atoms with Crippen molar-refractivity contribution in [3.8, 4) is 5.75 Å². The van der Waals surface area contributed by atoms with Crippen molar-refractivity contribution < 1.29 is 4.74 Å². The highest BCUT2D eigenvalue weighted by Crippen LogP contribution is 2.26. The number of methoxy groups -OCH3 is 1. The lowest BCUT2D eigenvalue weighted by Crippen LogP contribution is -2.45. The van der Waals surface area contributed by atoms with Gasteiger partial charge >= 0.3 is 0 Å². The Morgan fingerprint density at radius 2 is 1.92 bits per heavy atom. The Morgan fingerprint density at radius 3 is 2.68 bits per heavy atom. The minimum Gasteiger partial charge on any atom is -0.496 e. The molecule has 1 heterocycles. The fourth-order valence-electron chi connectivity index (χ4n) is 3.56. The Morgan fingerprint density at radius 1 is 1.12 bits per heavy atom. The van der Waals surface area contributed by atoms with Crippen molar-refractivity contribution in [3.63, 3.8) is 0 Å². The normalized spacial score (nSPS) is 20.2. The van der Waals surface area contributed by atoms with Gasteiger partial charge in [-0.1, -0.05) is 30.3 Å². The molecule has 4 heteroatoms. The van der Waals surface area contributed by atoms with E-state index in [0.29, 0.717) is 12.1 Å². The number of para-hydroxylation sites is 1. The summed E-state index contributed by atoms with van der Waals surface area (Å²) >= 11 is 0. The van der Waals surface area contributed by atoms with Crippen molar-refractivity contribution in [3.05, 3.63) is 59.7 Å². The number of benzene rings is 2. The quantitative estimate of drug-likeness (QED) is 0.720. The molecule has 0 saturated carbocycles. The molecule has 2 aromatic rings. The molecule has 3 N–H and O–H groups in total. The minimum absolute atomic E-state index is 0.346. The first-order chi connectivity index (χ1) is 12.3. The van der Waals surface area contributed by atoms with Crippen LogP contribution in [-0.4, -0.2) is 26.2 Å². The topological polar surface area (TPSA) is 45.3 Å². The first kappa shape index (κ1) is 17.8. The molecule has 0 spiro atoms. The molecule has 0 aromatic heterocycles. The van der Waals surface area contributed by atoms with E-state index in [2.05, 4.69) is 59.3 Å². The maximum atomic E-state index is 5.47. The van der Waals surface area contributed by atoms with E-state index in [4.69, 9.17) is 4.74 Å². The molecule has 1 saturated heterocycles. The van der Waals surface area contributed by atoms with E-state index in [0.717, 1.165) is 25.4 Å². The highest BCUT2D eigenvalue weighted by molar-refractivity contribution is 5.45. The third kappa shape index (κ3) is 4.53. The number of hydrogen-bond acceptors (Lipinski definition) is 4. The van der Waals surface area contributed by atoms with E-state index >= 15 is 0 Å². The second-order valence-electron chi connectivity index (χ2n) is 6.53. The molecule has 3 rings (SSSR count). The van der Waals surface area contributed by atoms with E-state index in [9.17, 15) is 0 Å². The van der Waals surface area contributed by atoms with Crippen LogP contribution in [0.25, 0.3) is 0 Å². The van der Waals surface area contributed by atoms with Crippen LogP contribution in [0.4, 0.5) is 5.69 Å². The summed E-state index contributed by atoms with van der Waals surface area (Å²) in [7, 11) is 1.73. The molecule has 0 radical (unpaired) electrons. The van der Waals surface area contributed by atoms with Crippen LogP contribution >= 0.6 is 0 Å². The number of piperidine rings is 1. The van der Waals surface area contributed by atoms with Crippen molar-refractivity contribution in [2.24, 2.45) is 0 Å². The lowest BCUT2D eigenvalue weighted by Gasteiger charge is -2.34. The van der Waals surface area contributed by atoms with Gasteiger partial charge in [-0.15, -0.1) is 0 Å². The molecule has 0 bridgehead atoms. The molecule has 1 fully saturated rings. The lowest BCUT2D eigenvalue weighted by atomic mass is 9.92. The average molecular weight is 339 g/mol. The zero-order valence-electron chi connectivity index (χ0n) is 15.2. The monoisotopic (exact) mass is 339 g/mol. The van der Waals surface area contributed by atoms with Gasteiger partial charge in [0, 0.05) is 36.4 Å². The van der Waals surface area contributed by atoms with Crippen LogP contribution in [0, 0.1) is 0 Å². The second kappa shape index (κ2) is 8.88. The van der Waals surface area contributed by atoms with Gasteiger partial charge in [0.2, 0.25) is 0 Å². The summed E-state index contributed by atoms with van der Waals surface area (Å²) in [4.78, 5) is 0. The summed E-state index contributed by atoms with van der Waals surface area (Å²) in [6.45, 7) is 4.97. The average Bonchev–Trinajstić information content (AvgIpc) is 2.68. The zero-order valence-corrected chi connectivity index (χ0v) is 15.2. The van der Waals surface area contributed by atoms with E-state index < -0.39 is 0 Å². The molecule has 0 aliphatic carbocycles. The number of anilines is 1. The smallest absolute Gasteiger partial charge is 0.123 e. The van der Waals surface area contributed by atoms with Gasteiger partial charge in [0.25, 0.3) is 0 Å². The van der Waals surface area contributed by atoms with E-state index in [1.54, 1.807) is 7.11 Å². The van der Waals surface area contributed by atoms with Gasteiger partial charge in [0.1, 0.15) is 5.75 Å². The molecule has 134 valence electrons. The third-order valence-electron chi connectivity index (χ3n) is 4.86. The summed E-state index contributed by atoms with van der Waals surface area (Å²) < 4.78 is 5.47. The van der Waals surface area contributed by atoms with Crippen molar-refractivity contribution in [1.82, 2.24) is 10.6 Å². The lowest BCUT2D eigenvalue weighted by molar-refractivity contribution is 0.303. The molecule has 1 aliphatic rings. The maximum absolute atomic E-state index is 5.47. The molecule has 2 atom stereocenters. The molecule has 25 heavy (non-hydrogen) atoms. The van der Waals surface area contributed by atoms with E-state index in [1.807, 2.05) is 12.1 Å². The summed E-state index contributed by atoms with van der Waals surface area (Å²) in [6, 6.07) is 17.8. The van der Waals surface area contributed by atoms with Gasteiger partial charge in [-0.05, 0) is 50.1 Å². The van der Waals surface area contributed by atoms with Gasteiger partial charge in [0.15, 0.2) is 0 Å². The Labute approximate surface area is 151 Å². The maximum Gasteiger partial charge on any atom is 0.123 e. The van der Waals surface area contributed by atoms with Crippen molar-refractivity contribution >= 4 is 5.69 Å². The molecular formula is C21H29N3O. The minimum atomic E-state index is 0.346. The fraction of sp³-hybridized carbons (Fsp3) is 0.429. The Balaban J connectivity index is 1.68. The molecule has 0 unspecified atom stereocenters. The van der Waals surface area contributed by atoms with Gasteiger partial charge in [0.05, 0.1) is 7.11 Å². The predicted octanol–water partition coefficient (Wildman–Crippen LogP) is 3.71. The van der Waals surface area contributed by atoms with Crippen LogP contribution in [0.1, 0.15) is 36.9 Å². The van der Waals surface area contributed by atoms with Crippen molar-refractivity contribution in [1.29, 1.82) is 0 Å². The van der Waals surface area contributed by atoms with Gasteiger partial charge < -0.3 is 20.7 Å². The largest absolute Gasteiger partial charge is 0.496 e. The van der Waals surface area contributed by atoms with Crippen molar-refractivity contribution in [2.45, 2.75) is 38.4 Å². The van der Waals surface area contributed by atoms with Crippen LogP contribution in [0.5, 0.6) is 5.75 Å². The highest BCUT2D eigenvalue weighted by Gasteiger charge is 2.25. The first-order valence-electron chi connectivity index (χ1n) is 9.24. The van der Waals surface area contributed by atoms with Crippen molar-refractivity contribution in [2.75, 3.05) is 25.5 Å². The van der Waals surface area contributed by atoms with Crippen LogP contribution in [-0.2, 0) is 6.54 Å². The number of hydrogen-bond donors (Lipinski definition) is 3. The fourth-order valence-corrected chi connectivity index (χ4v) is 3.56. The van der Waals surface area contributed by atoms with Gasteiger partial charge in [-0.25, -0.2) is 0 Å². The van der Waals surface area contributed by atoms with E-state index in [1.165, 1.54) is 29.7 Å². The van der Waals surface area contributed by atoms with Gasteiger partial charge in [-0.2, -0.15) is 0 Å². The third-order valence-corrected chi connectivity index (χ3v) is 4.86. The SMILES string of the molecule is CCNc1ccc([C@H]2NCCC[C@H]2NCc2ccccc2OC)cc1. The van der Waals surface area contributed by atoms with E-state index in [-0.39, 0.29) is 0 Å². The molecule has 2 aromatic carbocycles. The molecular weight excluding hydrogens is 310 g/mol. The highest BCUT2D eigenvalue weighted by atomic mass is 16.5.